The smallest absolute Gasteiger partial charge is 0.224 e. The first kappa shape index (κ1) is 20.4. The van der Waals surface area contributed by atoms with E-state index in [0.717, 1.165) is 30.8 Å². The lowest BCUT2D eigenvalue weighted by Gasteiger charge is -2.32. The number of amides is 2. The van der Waals surface area contributed by atoms with Gasteiger partial charge in [0.15, 0.2) is 0 Å². The van der Waals surface area contributed by atoms with E-state index in [2.05, 4.69) is 10.3 Å². The first-order valence-corrected chi connectivity index (χ1v) is 9.92. The van der Waals surface area contributed by atoms with Gasteiger partial charge in [-0.2, -0.15) is 0 Å². The number of nitrogens with zero attached hydrogens (tertiary/aromatic N) is 2. The topological polar surface area (TPSA) is 88.3 Å². The summed E-state index contributed by atoms with van der Waals surface area (Å²) in [5.41, 5.74) is 6.93. The number of benzene rings is 1. The van der Waals surface area contributed by atoms with Gasteiger partial charge in [0.25, 0.3) is 0 Å². The van der Waals surface area contributed by atoms with Gasteiger partial charge >= 0.3 is 0 Å². The highest BCUT2D eigenvalue weighted by molar-refractivity contribution is 6.35. The molecule has 0 spiro atoms. The zero-order chi connectivity index (χ0) is 20.1. The third-order valence-electron chi connectivity index (χ3n) is 4.82. The van der Waals surface area contributed by atoms with Gasteiger partial charge in [0.2, 0.25) is 11.8 Å². The molecule has 0 aliphatic carbocycles. The molecule has 1 unspecified atom stereocenters. The van der Waals surface area contributed by atoms with Crippen LogP contribution < -0.4 is 16.0 Å². The van der Waals surface area contributed by atoms with Crippen molar-refractivity contribution in [1.82, 2.24) is 4.98 Å². The van der Waals surface area contributed by atoms with Gasteiger partial charge < -0.3 is 16.0 Å². The predicted molar refractivity (Wildman–Crippen MR) is 112 cm³/mol. The molecule has 0 saturated carbocycles. The highest BCUT2D eigenvalue weighted by Crippen LogP contribution is 2.24. The molecule has 2 aromatic rings. The molecule has 1 atom stereocenters. The van der Waals surface area contributed by atoms with E-state index in [4.69, 9.17) is 28.9 Å². The highest BCUT2D eigenvalue weighted by Gasteiger charge is 2.24. The number of primary amides is 1. The molecule has 148 valence electrons. The van der Waals surface area contributed by atoms with Crippen molar-refractivity contribution in [3.8, 4) is 0 Å². The Labute approximate surface area is 174 Å². The monoisotopic (exact) mass is 420 g/mol. The molecule has 0 radical (unpaired) electrons. The molecule has 6 nitrogen and oxygen atoms in total. The van der Waals surface area contributed by atoms with E-state index in [1.807, 2.05) is 23.1 Å². The molecule has 1 aromatic heterocycles. The number of anilines is 2. The second kappa shape index (κ2) is 9.26. The number of aromatic nitrogens is 1. The number of pyridine rings is 1. The summed E-state index contributed by atoms with van der Waals surface area (Å²) in [6, 6.07) is 8.90. The fourth-order valence-electron chi connectivity index (χ4n) is 3.26. The number of nitrogens with one attached hydrogen (secondary N) is 1. The van der Waals surface area contributed by atoms with Crippen molar-refractivity contribution < 1.29 is 9.59 Å². The summed E-state index contributed by atoms with van der Waals surface area (Å²) in [7, 11) is 0. The van der Waals surface area contributed by atoms with Gasteiger partial charge in [0.1, 0.15) is 5.82 Å². The number of hydrogen-bond donors (Lipinski definition) is 2. The van der Waals surface area contributed by atoms with Gasteiger partial charge in [-0.15, -0.1) is 0 Å². The summed E-state index contributed by atoms with van der Waals surface area (Å²) < 4.78 is 0. The zero-order valence-corrected chi connectivity index (χ0v) is 16.8. The Morgan fingerprint density at radius 3 is 2.75 bits per heavy atom. The van der Waals surface area contributed by atoms with Gasteiger partial charge in [0, 0.05) is 29.6 Å². The number of hydrogen-bond acceptors (Lipinski definition) is 4. The van der Waals surface area contributed by atoms with E-state index < -0.39 is 0 Å². The van der Waals surface area contributed by atoms with E-state index in [1.165, 1.54) is 0 Å². The van der Waals surface area contributed by atoms with E-state index >= 15 is 0 Å². The minimum Gasteiger partial charge on any atom is -0.369 e. The van der Waals surface area contributed by atoms with Gasteiger partial charge in [-0.3, -0.25) is 9.59 Å². The van der Waals surface area contributed by atoms with E-state index in [9.17, 15) is 9.59 Å². The van der Waals surface area contributed by atoms with Crippen LogP contribution in [-0.2, 0) is 16.0 Å². The molecule has 1 saturated heterocycles. The molecule has 28 heavy (non-hydrogen) atoms. The second-order valence-corrected chi connectivity index (χ2v) is 7.72. The molecular weight excluding hydrogens is 399 g/mol. The number of carbonyl (C=O) groups excluding carboxylic acids is 2. The van der Waals surface area contributed by atoms with Crippen LogP contribution in [0.4, 0.5) is 11.5 Å². The Bertz CT molecular complexity index is 858. The van der Waals surface area contributed by atoms with E-state index in [1.54, 1.807) is 18.3 Å². The van der Waals surface area contributed by atoms with Gasteiger partial charge in [0.05, 0.1) is 17.8 Å². The van der Waals surface area contributed by atoms with Crippen molar-refractivity contribution in [2.75, 3.05) is 23.3 Å². The summed E-state index contributed by atoms with van der Waals surface area (Å²) in [4.78, 5) is 30.1. The molecule has 0 bridgehead atoms. The minimum atomic E-state index is -0.269. The number of carbonyl (C=O) groups is 2. The molecule has 3 rings (SSSR count). The van der Waals surface area contributed by atoms with Crippen LogP contribution in [-0.4, -0.2) is 29.9 Å². The van der Waals surface area contributed by atoms with E-state index in [0.29, 0.717) is 35.1 Å². The number of nitrogens with two attached hydrogens (primary N) is 1. The van der Waals surface area contributed by atoms with Crippen molar-refractivity contribution in [2.24, 2.45) is 11.7 Å². The predicted octanol–water partition coefficient (Wildman–Crippen LogP) is 3.66. The van der Waals surface area contributed by atoms with Crippen LogP contribution in [0.1, 0.15) is 24.8 Å². The maximum absolute atomic E-state index is 12.2. The Balaban J connectivity index is 1.53. The zero-order valence-electron chi connectivity index (χ0n) is 15.3. The number of aryl methyl sites for hydroxylation is 1. The van der Waals surface area contributed by atoms with Crippen LogP contribution in [0.2, 0.25) is 10.0 Å². The summed E-state index contributed by atoms with van der Waals surface area (Å²) in [5, 5.41) is 3.96. The SMILES string of the molecule is NC(=O)C1CCCN(c2ccc(NC(=O)CCc3ccc(Cl)cc3Cl)cn2)C1. The van der Waals surface area contributed by atoms with Crippen molar-refractivity contribution in [1.29, 1.82) is 0 Å². The second-order valence-electron chi connectivity index (χ2n) is 6.88. The largest absolute Gasteiger partial charge is 0.369 e. The summed E-state index contributed by atoms with van der Waals surface area (Å²) in [6.45, 7) is 1.42. The standard InChI is InChI=1S/C20H22Cl2N4O2/c21-15-5-3-13(17(22)10-15)4-8-19(27)25-16-6-7-18(24-11-16)26-9-1-2-14(12-26)20(23)28/h3,5-7,10-11,14H,1-2,4,8-9,12H2,(H2,23,28)(H,25,27). The molecule has 3 N–H and O–H groups in total. The van der Waals surface area contributed by atoms with Crippen LogP contribution in [0.3, 0.4) is 0 Å². The van der Waals surface area contributed by atoms with Crippen molar-refractivity contribution in [3.63, 3.8) is 0 Å². The number of piperidine rings is 1. The Hall–Kier alpha value is -2.31. The van der Waals surface area contributed by atoms with Gasteiger partial charge in [-0.25, -0.2) is 4.98 Å². The Morgan fingerprint density at radius 2 is 2.07 bits per heavy atom. The lowest BCUT2D eigenvalue weighted by atomic mass is 9.97. The third kappa shape index (κ3) is 5.36. The number of rotatable bonds is 6. The fraction of sp³-hybridized carbons (Fsp3) is 0.350. The van der Waals surface area contributed by atoms with Gasteiger partial charge in [-0.1, -0.05) is 29.3 Å². The quantitative estimate of drug-likeness (QED) is 0.745. The van der Waals surface area contributed by atoms with Crippen LogP contribution in [0.5, 0.6) is 0 Å². The summed E-state index contributed by atoms with van der Waals surface area (Å²) in [6.07, 6.45) is 4.17. The van der Waals surface area contributed by atoms with E-state index in [-0.39, 0.29) is 17.7 Å². The molecule has 2 heterocycles. The molecule has 2 amide bonds. The molecule has 1 aliphatic heterocycles. The maximum atomic E-state index is 12.2. The average molecular weight is 421 g/mol. The lowest BCUT2D eigenvalue weighted by Crippen LogP contribution is -2.41. The normalized spacial score (nSPS) is 16.6. The summed E-state index contributed by atoms with van der Waals surface area (Å²) >= 11 is 12.0. The van der Waals surface area contributed by atoms with Crippen LogP contribution in [0.25, 0.3) is 0 Å². The first-order valence-electron chi connectivity index (χ1n) is 9.16. The molecule has 1 aromatic carbocycles. The minimum absolute atomic E-state index is 0.118. The fourth-order valence-corrected chi connectivity index (χ4v) is 3.76. The van der Waals surface area contributed by atoms with Crippen LogP contribution in [0, 0.1) is 5.92 Å². The average Bonchev–Trinajstić information content (AvgIpc) is 2.68. The Morgan fingerprint density at radius 1 is 1.25 bits per heavy atom. The first-order chi connectivity index (χ1) is 13.4. The highest BCUT2D eigenvalue weighted by atomic mass is 35.5. The molecule has 1 aliphatic rings. The third-order valence-corrected chi connectivity index (χ3v) is 5.40. The van der Waals surface area contributed by atoms with Crippen molar-refractivity contribution in [2.45, 2.75) is 25.7 Å². The lowest BCUT2D eigenvalue weighted by molar-refractivity contribution is -0.122. The number of halogens is 2. The van der Waals surface area contributed by atoms with Crippen molar-refractivity contribution >= 4 is 46.5 Å². The molecular formula is C20H22Cl2N4O2. The van der Waals surface area contributed by atoms with Crippen LogP contribution >= 0.6 is 23.2 Å². The molecule has 1 fully saturated rings. The van der Waals surface area contributed by atoms with Crippen LogP contribution in [0.15, 0.2) is 36.5 Å². The summed E-state index contributed by atoms with van der Waals surface area (Å²) in [5.74, 6) is 0.244. The van der Waals surface area contributed by atoms with Gasteiger partial charge in [-0.05, 0) is 49.1 Å². The van der Waals surface area contributed by atoms with Crippen molar-refractivity contribution in [3.05, 3.63) is 52.1 Å². The maximum Gasteiger partial charge on any atom is 0.224 e. The Kier molecular flexibility index (Phi) is 6.75. The molecule has 8 heteroatoms.